The molecule has 0 unspecified atom stereocenters. The number of aliphatic carboxylic acids is 1. The lowest BCUT2D eigenvalue weighted by Crippen LogP contribution is -2.23. The van der Waals surface area contributed by atoms with Gasteiger partial charge in [0, 0.05) is 10.4 Å². The first-order chi connectivity index (χ1) is 8.63. The van der Waals surface area contributed by atoms with Gasteiger partial charge in [0.2, 0.25) is 9.84 Å². The Morgan fingerprint density at radius 3 is 2.58 bits per heavy atom. The minimum atomic E-state index is -3.51. The second-order valence-corrected chi connectivity index (χ2v) is 7.40. The van der Waals surface area contributed by atoms with Crippen molar-refractivity contribution in [2.75, 3.05) is 0 Å². The van der Waals surface area contributed by atoms with Gasteiger partial charge in [-0.1, -0.05) is 17.7 Å². The third-order valence-corrected chi connectivity index (χ3v) is 4.89. The number of halogens is 1. The maximum atomic E-state index is 12.0. The SMILES string of the molecule is CC(C)(CC1=CS(=O)(=O)c2cc(Cl)ccc21)C(=O)O. The Labute approximate surface area is 116 Å². The molecule has 0 aliphatic carbocycles. The number of allylic oxidation sites excluding steroid dienone is 1. The summed E-state index contributed by atoms with van der Waals surface area (Å²) in [5.74, 6) is -0.965. The number of benzene rings is 1. The van der Waals surface area contributed by atoms with Crippen LogP contribution in [0.1, 0.15) is 25.8 Å². The van der Waals surface area contributed by atoms with Crippen molar-refractivity contribution in [2.45, 2.75) is 25.2 Å². The van der Waals surface area contributed by atoms with Crippen LogP contribution in [-0.4, -0.2) is 19.5 Å². The minimum absolute atomic E-state index is 0.149. The molecule has 0 aromatic heterocycles. The topological polar surface area (TPSA) is 71.4 Å². The predicted octanol–water partition coefficient (Wildman–Crippen LogP) is 2.97. The average molecular weight is 301 g/mol. The highest BCUT2D eigenvalue weighted by atomic mass is 35.5. The Bertz CT molecular complexity index is 687. The van der Waals surface area contributed by atoms with Crippen LogP contribution in [0.15, 0.2) is 28.5 Å². The quantitative estimate of drug-likeness (QED) is 0.931. The third-order valence-electron chi connectivity index (χ3n) is 3.10. The lowest BCUT2D eigenvalue weighted by molar-refractivity contribution is -0.146. The molecule has 0 bridgehead atoms. The van der Waals surface area contributed by atoms with E-state index in [-0.39, 0.29) is 11.3 Å². The molecule has 1 aromatic carbocycles. The number of sulfone groups is 1. The van der Waals surface area contributed by atoms with Gasteiger partial charge in [0.25, 0.3) is 0 Å². The smallest absolute Gasteiger partial charge is 0.309 e. The molecule has 1 heterocycles. The molecule has 4 nitrogen and oxygen atoms in total. The molecule has 102 valence electrons. The first-order valence-electron chi connectivity index (χ1n) is 5.62. The van der Waals surface area contributed by atoms with E-state index in [4.69, 9.17) is 16.7 Å². The van der Waals surface area contributed by atoms with Gasteiger partial charge in [-0.25, -0.2) is 8.42 Å². The zero-order valence-electron chi connectivity index (χ0n) is 10.5. The monoisotopic (exact) mass is 300 g/mol. The van der Waals surface area contributed by atoms with Gasteiger partial charge in [0.05, 0.1) is 10.3 Å². The van der Waals surface area contributed by atoms with Gasteiger partial charge in [-0.3, -0.25) is 4.79 Å². The van der Waals surface area contributed by atoms with E-state index in [0.29, 0.717) is 16.2 Å². The van der Waals surface area contributed by atoms with E-state index in [0.717, 1.165) is 5.41 Å². The van der Waals surface area contributed by atoms with E-state index in [1.54, 1.807) is 26.0 Å². The summed E-state index contributed by atoms with van der Waals surface area (Å²) in [6.07, 6.45) is 0.149. The Hall–Kier alpha value is -1.33. The first kappa shape index (κ1) is 14.1. The van der Waals surface area contributed by atoms with Crippen LogP contribution >= 0.6 is 11.6 Å². The molecule has 0 radical (unpaired) electrons. The zero-order chi connectivity index (χ0) is 14.4. The molecule has 0 saturated carbocycles. The van der Waals surface area contributed by atoms with Gasteiger partial charge in [0.1, 0.15) is 0 Å². The fraction of sp³-hybridized carbons (Fsp3) is 0.308. The number of carbonyl (C=O) groups is 1. The Kier molecular flexibility index (Phi) is 3.23. The summed E-state index contributed by atoms with van der Waals surface area (Å²) in [6, 6.07) is 4.61. The van der Waals surface area contributed by atoms with Crippen LogP contribution in [0.5, 0.6) is 0 Å². The van der Waals surface area contributed by atoms with Gasteiger partial charge < -0.3 is 5.11 Å². The molecule has 0 fully saturated rings. The molecule has 0 amide bonds. The molecule has 0 atom stereocenters. The van der Waals surface area contributed by atoms with Crippen LogP contribution in [0, 0.1) is 5.41 Å². The Balaban J connectivity index is 2.50. The van der Waals surface area contributed by atoms with Crippen LogP contribution in [0.25, 0.3) is 5.57 Å². The van der Waals surface area contributed by atoms with E-state index in [1.807, 2.05) is 0 Å². The van der Waals surface area contributed by atoms with E-state index < -0.39 is 21.2 Å². The summed E-state index contributed by atoms with van der Waals surface area (Å²) in [5, 5.41) is 10.6. The predicted molar refractivity (Wildman–Crippen MR) is 72.6 cm³/mol. The fourth-order valence-corrected chi connectivity index (χ4v) is 3.75. The van der Waals surface area contributed by atoms with E-state index in [2.05, 4.69) is 0 Å². The van der Waals surface area contributed by atoms with Crippen molar-refractivity contribution in [3.05, 3.63) is 34.2 Å². The number of carboxylic acids is 1. The van der Waals surface area contributed by atoms with Crippen LogP contribution < -0.4 is 0 Å². The van der Waals surface area contributed by atoms with E-state index >= 15 is 0 Å². The molecular weight excluding hydrogens is 288 g/mol. The van der Waals surface area contributed by atoms with Crippen LogP contribution in [0.4, 0.5) is 0 Å². The van der Waals surface area contributed by atoms with Crippen molar-refractivity contribution >= 4 is 33.0 Å². The molecule has 6 heteroatoms. The van der Waals surface area contributed by atoms with Crippen LogP contribution in [0.3, 0.4) is 0 Å². The molecular formula is C13H13ClO4S. The number of hydrogen-bond acceptors (Lipinski definition) is 3. The van der Waals surface area contributed by atoms with Crippen molar-refractivity contribution in [3.8, 4) is 0 Å². The minimum Gasteiger partial charge on any atom is -0.481 e. The average Bonchev–Trinajstić information content (AvgIpc) is 2.49. The summed E-state index contributed by atoms with van der Waals surface area (Å²) < 4.78 is 24.0. The zero-order valence-corrected chi connectivity index (χ0v) is 12.0. The summed E-state index contributed by atoms with van der Waals surface area (Å²) in [6.45, 7) is 3.13. The third kappa shape index (κ3) is 2.53. The maximum Gasteiger partial charge on any atom is 0.309 e. The number of fused-ring (bicyclic) bond motifs is 1. The summed E-state index contributed by atoms with van der Waals surface area (Å²) in [4.78, 5) is 11.3. The summed E-state index contributed by atoms with van der Waals surface area (Å²) in [5.41, 5.74) is 0.0283. The second kappa shape index (κ2) is 4.35. The van der Waals surface area contributed by atoms with Crippen LogP contribution in [0.2, 0.25) is 5.02 Å². The molecule has 0 spiro atoms. The molecule has 19 heavy (non-hydrogen) atoms. The Morgan fingerprint density at radius 2 is 2.00 bits per heavy atom. The number of carboxylic acid groups (broad SMARTS) is 1. The molecule has 1 aliphatic rings. The van der Waals surface area contributed by atoms with Crippen molar-refractivity contribution in [3.63, 3.8) is 0 Å². The molecule has 1 aliphatic heterocycles. The van der Waals surface area contributed by atoms with Gasteiger partial charge >= 0.3 is 5.97 Å². The van der Waals surface area contributed by atoms with Gasteiger partial charge in [0.15, 0.2) is 0 Å². The summed E-state index contributed by atoms with van der Waals surface area (Å²) >= 11 is 5.80. The van der Waals surface area contributed by atoms with Gasteiger partial charge in [-0.2, -0.15) is 0 Å². The summed E-state index contributed by atoms with van der Waals surface area (Å²) in [7, 11) is -3.51. The normalized spacial score (nSPS) is 16.9. The molecule has 1 aromatic rings. The Morgan fingerprint density at radius 1 is 1.37 bits per heavy atom. The standard InChI is InChI=1S/C13H13ClO4S/c1-13(2,12(15)16)6-8-7-19(17,18)11-5-9(14)3-4-10(8)11/h3-5,7H,6H2,1-2H3,(H,15,16). The first-order valence-corrected chi connectivity index (χ1v) is 7.55. The lowest BCUT2D eigenvalue weighted by Gasteiger charge is -2.19. The van der Waals surface area contributed by atoms with E-state index in [1.165, 1.54) is 6.07 Å². The number of hydrogen-bond donors (Lipinski definition) is 1. The number of rotatable bonds is 3. The highest BCUT2D eigenvalue weighted by molar-refractivity contribution is 7.95. The van der Waals surface area contributed by atoms with Crippen molar-refractivity contribution in [2.24, 2.45) is 5.41 Å². The molecule has 2 rings (SSSR count). The van der Waals surface area contributed by atoms with E-state index in [9.17, 15) is 13.2 Å². The highest BCUT2D eigenvalue weighted by Gasteiger charge is 2.34. The maximum absolute atomic E-state index is 12.0. The van der Waals surface area contributed by atoms with Gasteiger partial charge in [-0.05, 0) is 43.5 Å². The van der Waals surface area contributed by atoms with Crippen LogP contribution in [-0.2, 0) is 14.6 Å². The van der Waals surface area contributed by atoms with Crippen molar-refractivity contribution < 1.29 is 18.3 Å². The largest absolute Gasteiger partial charge is 0.481 e. The van der Waals surface area contributed by atoms with Crippen molar-refractivity contribution in [1.29, 1.82) is 0 Å². The molecule has 0 saturated heterocycles. The second-order valence-electron chi connectivity index (χ2n) is 5.19. The lowest BCUT2D eigenvalue weighted by atomic mass is 9.84. The fourth-order valence-electron chi connectivity index (χ4n) is 2.00. The van der Waals surface area contributed by atoms with Gasteiger partial charge in [-0.15, -0.1) is 0 Å². The van der Waals surface area contributed by atoms with Crippen molar-refractivity contribution in [1.82, 2.24) is 0 Å². The molecule has 1 N–H and O–H groups in total. The highest BCUT2D eigenvalue weighted by Crippen LogP contribution is 2.41.